The van der Waals surface area contributed by atoms with Gasteiger partial charge in [-0.25, -0.2) is 12.8 Å². The molecule has 0 bridgehead atoms. The van der Waals surface area contributed by atoms with Crippen LogP contribution in [0.25, 0.3) is 0 Å². The summed E-state index contributed by atoms with van der Waals surface area (Å²) in [5.74, 6) is -1.23. The largest absolute Gasteiger partial charge is 0.492 e. The highest BCUT2D eigenvalue weighted by Gasteiger charge is 2.41. The number of halogens is 3. The summed E-state index contributed by atoms with van der Waals surface area (Å²) >= 11 is 9.37. The van der Waals surface area contributed by atoms with E-state index in [1.54, 1.807) is 19.1 Å². The molecule has 10 heteroatoms. The Morgan fingerprint density at radius 1 is 1.14 bits per heavy atom. The van der Waals surface area contributed by atoms with Crippen molar-refractivity contribution < 1.29 is 27.1 Å². The first-order chi connectivity index (χ1) is 16.7. The van der Waals surface area contributed by atoms with Crippen LogP contribution in [0, 0.1) is 5.82 Å². The molecular formula is C25H22BrClFNO5S. The molecule has 1 heterocycles. The molecule has 0 unspecified atom stereocenters. The van der Waals surface area contributed by atoms with Gasteiger partial charge in [0.05, 0.1) is 11.6 Å². The summed E-state index contributed by atoms with van der Waals surface area (Å²) in [4.78, 5) is 13.2. The van der Waals surface area contributed by atoms with Crippen LogP contribution in [0.4, 0.5) is 4.39 Å². The molecule has 3 aromatic carbocycles. The second-order valence-corrected chi connectivity index (χ2v) is 11.1. The maximum absolute atomic E-state index is 14.2. The first-order valence-corrected chi connectivity index (χ1v) is 13.4. The summed E-state index contributed by atoms with van der Waals surface area (Å²) in [6.45, 7) is 1.57. The van der Waals surface area contributed by atoms with E-state index in [0.29, 0.717) is 4.47 Å². The van der Waals surface area contributed by atoms with Crippen LogP contribution >= 0.6 is 27.5 Å². The zero-order valence-corrected chi connectivity index (χ0v) is 21.9. The summed E-state index contributed by atoms with van der Waals surface area (Å²) in [5.41, 5.74) is 1.65. The number of carbonyl (C=O) groups is 1. The van der Waals surface area contributed by atoms with Gasteiger partial charge in [0.15, 0.2) is 0 Å². The number of sulfonamides is 1. The van der Waals surface area contributed by atoms with E-state index < -0.39 is 34.5 Å². The van der Waals surface area contributed by atoms with Gasteiger partial charge in [-0.15, -0.1) is 0 Å². The molecule has 1 aliphatic rings. The van der Waals surface area contributed by atoms with Crippen LogP contribution in [0.2, 0.25) is 5.02 Å². The molecule has 184 valence electrons. The number of benzene rings is 3. The van der Waals surface area contributed by atoms with Crippen LogP contribution in [0.15, 0.2) is 70.0 Å². The van der Waals surface area contributed by atoms with Crippen LogP contribution in [-0.2, 0) is 39.1 Å². The summed E-state index contributed by atoms with van der Waals surface area (Å²) in [7, 11) is -4.20. The molecule has 3 aromatic rings. The van der Waals surface area contributed by atoms with E-state index in [0.717, 1.165) is 15.4 Å². The molecular weight excluding hydrogens is 561 g/mol. The summed E-state index contributed by atoms with van der Waals surface area (Å²) in [6.07, 6.45) is 0.108. The average Bonchev–Trinajstić information content (AvgIpc) is 2.84. The van der Waals surface area contributed by atoms with E-state index in [-0.39, 0.29) is 40.8 Å². The number of hydrogen-bond acceptors (Lipinski definition) is 5. The summed E-state index contributed by atoms with van der Waals surface area (Å²) in [5, 5.41) is 0.117. The van der Waals surface area contributed by atoms with Crippen LogP contribution < -0.4 is 4.74 Å². The Labute approximate surface area is 216 Å². The highest BCUT2D eigenvalue weighted by molar-refractivity contribution is 9.10. The maximum atomic E-state index is 14.2. The molecule has 0 aliphatic carbocycles. The minimum Gasteiger partial charge on any atom is -0.492 e. The van der Waals surface area contributed by atoms with Crippen LogP contribution in [-0.4, -0.2) is 31.3 Å². The van der Waals surface area contributed by atoms with Crippen molar-refractivity contribution >= 4 is 43.5 Å². The molecule has 1 aliphatic heterocycles. The van der Waals surface area contributed by atoms with E-state index in [9.17, 15) is 17.6 Å². The highest BCUT2D eigenvalue weighted by atomic mass is 79.9. The van der Waals surface area contributed by atoms with Gasteiger partial charge in [-0.2, -0.15) is 4.31 Å². The van der Waals surface area contributed by atoms with Crippen LogP contribution in [0.3, 0.4) is 0 Å². The fourth-order valence-corrected chi connectivity index (χ4v) is 6.39. The quantitative estimate of drug-likeness (QED) is 0.344. The lowest BCUT2D eigenvalue weighted by Gasteiger charge is -2.34. The molecule has 0 radical (unpaired) electrons. The number of esters is 1. The van der Waals surface area contributed by atoms with Crippen molar-refractivity contribution in [2.24, 2.45) is 0 Å². The second-order valence-electron chi connectivity index (χ2n) is 7.87. The van der Waals surface area contributed by atoms with Crippen molar-refractivity contribution in [1.29, 1.82) is 0 Å². The smallest absolute Gasteiger partial charge is 0.325 e. The Morgan fingerprint density at radius 2 is 1.89 bits per heavy atom. The number of hydrogen-bond donors (Lipinski definition) is 0. The standard InChI is InChI=1S/C25H22BrClFNO5S/c1-2-33-23-11-10-18(26)13-24(23)35(31,32)29-14-17-7-4-3-6-16(17)12-22(29)25(30)34-15-19-20(27)8-5-9-21(19)28/h3-11,13,22H,2,12,14-15H2,1H3/t22-/m1/s1. The Hall–Kier alpha value is -2.46. The van der Waals surface area contributed by atoms with E-state index in [2.05, 4.69) is 15.9 Å². The van der Waals surface area contributed by atoms with E-state index >= 15 is 0 Å². The molecule has 1 atom stereocenters. The predicted molar refractivity (Wildman–Crippen MR) is 133 cm³/mol. The van der Waals surface area contributed by atoms with E-state index in [1.807, 2.05) is 24.3 Å². The van der Waals surface area contributed by atoms with Gasteiger partial charge >= 0.3 is 5.97 Å². The predicted octanol–water partition coefficient (Wildman–Crippen LogP) is 5.50. The number of ether oxygens (including phenoxy) is 2. The maximum Gasteiger partial charge on any atom is 0.325 e. The Bertz CT molecular complexity index is 1350. The third kappa shape index (κ3) is 5.38. The number of nitrogens with zero attached hydrogens (tertiary/aromatic N) is 1. The lowest BCUT2D eigenvalue weighted by atomic mass is 9.96. The zero-order chi connectivity index (χ0) is 25.2. The van der Waals surface area contributed by atoms with E-state index in [1.165, 1.54) is 24.3 Å². The first-order valence-electron chi connectivity index (χ1n) is 10.8. The second kappa shape index (κ2) is 10.7. The number of carbonyl (C=O) groups excluding carboxylic acids is 1. The van der Waals surface area contributed by atoms with Gasteiger partial charge in [0.2, 0.25) is 10.0 Å². The molecule has 0 amide bonds. The van der Waals surface area contributed by atoms with Crippen molar-refractivity contribution in [1.82, 2.24) is 4.31 Å². The topological polar surface area (TPSA) is 72.9 Å². The van der Waals surface area contributed by atoms with Gasteiger partial charge in [-0.1, -0.05) is 57.9 Å². The fourth-order valence-electron chi connectivity index (χ4n) is 3.95. The Balaban J connectivity index is 1.71. The minimum atomic E-state index is -4.20. The lowest BCUT2D eigenvalue weighted by Crippen LogP contribution is -2.49. The minimum absolute atomic E-state index is 0.0266. The number of rotatable bonds is 7. The third-order valence-corrected chi connectivity index (χ3v) is 8.41. The van der Waals surface area contributed by atoms with Crippen molar-refractivity contribution in [2.45, 2.75) is 37.4 Å². The number of fused-ring (bicyclic) bond motifs is 1. The molecule has 0 saturated carbocycles. The van der Waals surface area contributed by atoms with Gasteiger partial charge in [-0.3, -0.25) is 4.79 Å². The first kappa shape index (κ1) is 25.6. The van der Waals surface area contributed by atoms with Crippen molar-refractivity contribution in [3.8, 4) is 5.75 Å². The van der Waals surface area contributed by atoms with Crippen LogP contribution in [0.5, 0.6) is 5.75 Å². The normalized spacial score (nSPS) is 15.9. The highest BCUT2D eigenvalue weighted by Crippen LogP contribution is 2.35. The molecule has 6 nitrogen and oxygen atoms in total. The van der Waals surface area contributed by atoms with Crippen molar-refractivity contribution in [3.05, 3.63) is 92.7 Å². The molecule has 0 spiro atoms. The zero-order valence-electron chi connectivity index (χ0n) is 18.7. The van der Waals surface area contributed by atoms with E-state index in [4.69, 9.17) is 21.1 Å². The van der Waals surface area contributed by atoms with Gasteiger partial charge in [0.25, 0.3) is 0 Å². The SMILES string of the molecule is CCOc1ccc(Br)cc1S(=O)(=O)N1Cc2ccccc2C[C@@H]1C(=O)OCc1c(F)cccc1Cl. The summed E-state index contributed by atoms with van der Waals surface area (Å²) < 4.78 is 54.6. The van der Waals surface area contributed by atoms with Crippen LogP contribution in [0.1, 0.15) is 23.6 Å². The lowest BCUT2D eigenvalue weighted by molar-refractivity contribution is -0.150. The van der Waals surface area contributed by atoms with Crippen molar-refractivity contribution in [2.75, 3.05) is 6.61 Å². The summed E-state index contributed by atoms with van der Waals surface area (Å²) in [6, 6.07) is 15.0. The monoisotopic (exact) mass is 581 g/mol. The molecule has 0 aromatic heterocycles. The Morgan fingerprint density at radius 3 is 2.60 bits per heavy atom. The molecule has 0 N–H and O–H groups in total. The van der Waals surface area contributed by atoms with Crippen molar-refractivity contribution in [3.63, 3.8) is 0 Å². The van der Waals surface area contributed by atoms with Gasteiger partial charge in [-0.05, 0) is 48.4 Å². The average molecular weight is 583 g/mol. The third-order valence-electron chi connectivity index (χ3n) is 5.69. The molecule has 4 rings (SSSR count). The molecule has 35 heavy (non-hydrogen) atoms. The Kier molecular flexibility index (Phi) is 7.80. The molecule has 0 fully saturated rings. The van der Waals surface area contributed by atoms with Gasteiger partial charge in [0.1, 0.15) is 29.1 Å². The van der Waals surface area contributed by atoms with Gasteiger partial charge < -0.3 is 9.47 Å². The molecule has 0 saturated heterocycles. The fraction of sp³-hybridized carbons (Fsp3) is 0.240. The van der Waals surface area contributed by atoms with Gasteiger partial charge in [0, 0.05) is 23.0 Å².